The largest absolute Gasteiger partial charge is 0.494 e. The van der Waals surface area contributed by atoms with Gasteiger partial charge in [-0.25, -0.2) is 0 Å². The fourth-order valence-corrected chi connectivity index (χ4v) is 1.08. The van der Waals surface area contributed by atoms with E-state index in [0.29, 0.717) is 16.3 Å². The van der Waals surface area contributed by atoms with Gasteiger partial charge in [0.1, 0.15) is 0 Å². The van der Waals surface area contributed by atoms with Crippen LogP contribution in [-0.4, -0.2) is 7.11 Å². The Morgan fingerprint density at radius 1 is 1.55 bits per heavy atom. The number of hydrogen-bond donors (Lipinski definition) is 0. The lowest BCUT2D eigenvalue weighted by Gasteiger charge is -2.03. The van der Waals surface area contributed by atoms with E-state index < -0.39 is 0 Å². The van der Waals surface area contributed by atoms with Gasteiger partial charge in [-0.2, -0.15) is 0 Å². The highest BCUT2D eigenvalue weighted by atomic mass is 35.5. The van der Waals surface area contributed by atoms with Crippen LogP contribution in [0.1, 0.15) is 5.56 Å². The number of ether oxygens (including phenoxy) is 1. The maximum absolute atomic E-state index is 5.79. The summed E-state index contributed by atoms with van der Waals surface area (Å²) in [6, 6.07) is 5.31. The molecule has 0 bridgehead atoms. The second-order valence-electron chi connectivity index (χ2n) is 1.96. The third-order valence-corrected chi connectivity index (χ3v) is 1.62. The van der Waals surface area contributed by atoms with E-state index in [1.165, 1.54) is 0 Å². The molecule has 0 spiro atoms. The molecule has 0 aromatic heterocycles. The molecule has 0 radical (unpaired) electrons. The first kappa shape index (κ1) is 7.97. The molecule has 0 saturated heterocycles. The molecule has 1 aromatic carbocycles. The second-order valence-corrected chi connectivity index (χ2v) is 2.37. The number of rotatable bonds is 1. The summed E-state index contributed by atoms with van der Waals surface area (Å²) >= 11 is 5.79. The molecule has 0 heterocycles. The maximum Gasteiger partial charge on any atom is 0.153 e. The van der Waals surface area contributed by atoms with Crippen LogP contribution in [0.4, 0.5) is 0 Å². The highest BCUT2D eigenvalue weighted by molar-refractivity contribution is 6.32. The molecular weight excluding hydrogens is 160 g/mol. The van der Waals surface area contributed by atoms with Gasteiger partial charge in [0.2, 0.25) is 0 Å². The normalized spacial score (nSPS) is 8.82. The molecule has 2 heteroatoms. The summed E-state index contributed by atoms with van der Waals surface area (Å²) < 4.78 is 4.99. The summed E-state index contributed by atoms with van der Waals surface area (Å²) in [5.41, 5.74) is 0.681. The number of halogens is 1. The predicted molar refractivity (Wildman–Crippen MR) is 45.9 cm³/mol. The van der Waals surface area contributed by atoms with Gasteiger partial charge in [-0.1, -0.05) is 23.6 Å². The van der Waals surface area contributed by atoms with Crippen LogP contribution >= 0.6 is 11.6 Å². The molecular formula is C9H7ClO. The second kappa shape index (κ2) is 3.32. The van der Waals surface area contributed by atoms with E-state index in [-0.39, 0.29) is 0 Å². The number of benzene rings is 1. The third kappa shape index (κ3) is 1.47. The van der Waals surface area contributed by atoms with Gasteiger partial charge < -0.3 is 4.74 Å². The summed E-state index contributed by atoms with van der Waals surface area (Å²) in [5, 5.41) is 0.544. The number of hydrogen-bond acceptors (Lipinski definition) is 1. The minimum absolute atomic E-state index is 0.544. The standard InChI is InChI=1S/C9H7ClO/c1-3-7-5-4-6-8(10)9(7)11-2/h1,4-6H,2H3. The first-order valence-corrected chi connectivity index (χ1v) is 3.46. The molecule has 0 fully saturated rings. The quantitative estimate of drug-likeness (QED) is 0.582. The number of para-hydroxylation sites is 1. The van der Waals surface area contributed by atoms with E-state index in [1.54, 1.807) is 25.3 Å². The molecule has 0 aliphatic carbocycles. The van der Waals surface area contributed by atoms with E-state index in [4.69, 9.17) is 22.8 Å². The highest BCUT2D eigenvalue weighted by Gasteiger charge is 2.02. The molecule has 0 atom stereocenters. The average molecular weight is 167 g/mol. The van der Waals surface area contributed by atoms with Gasteiger partial charge >= 0.3 is 0 Å². The maximum atomic E-state index is 5.79. The molecule has 1 nitrogen and oxygen atoms in total. The van der Waals surface area contributed by atoms with Crippen LogP contribution in [0.5, 0.6) is 5.75 Å². The first-order chi connectivity index (χ1) is 5.29. The van der Waals surface area contributed by atoms with Gasteiger partial charge in [-0.15, -0.1) is 6.42 Å². The van der Waals surface area contributed by atoms with Gasteiger partial charge in [-0.3, -0.25) is 0 Å². The van der Waals surface area contributed by atoms with E-state index >= 15 is 0 Å². The van der Waals surface area contributed by atoms with Gasteiger partial charge in [0.15, 0.2) is 5.75 Å². The number of terminal acetylenes is 1. The van der Waals surface area contributed by atoms with E-state index in [2.05, 4.69) is 5.92 Å². The smallest absolute Gasteiger partial charge is 0.153 e. The molecule has 56 valence electrons. The summed E-state index contributed by atoms with van der Waals surface area (Å²) in [4.78, 5) is 0. The Bertz CT molecular complexity index is 299. The Morgan fingerprint density at radius 3 is 2.73 bits per heavy atom. The molecule has 0 aliphatic rings. The van der Waals surface area contributed by atoms with Crippen molar-refractivity contribution in [2.75, 3.05) is 7.11 Å². The lowest BCUT2D eigenvalue weighted by atomic mass is 10.2. The third-order valence-electron chi connectivity index (χ3n) is 1.33. The van der Waals surface area contributed by atoms with Crippen LogP contribution in [-0.2, 0) is 0 Å². The predicted octanol–water partition coefficient (Wildman–Crippen LogP) is 2.33. The molecule has 1 rings (SSSR count). The van der Waals surface area contributed by atoms with Crippen molar-refractivity contribution < 1.29 is 4.74 Å². The molecule has 0 aliphatic heterocycles. The van der Waals surface area contributed by atoms with Crippen LogP contribution in [0.25, 0.3) is 0 Å². The Hall–Kier alpha value is -1.13. The Morgan fingerprint density at radius 2 is 2.27 bits per heavy atom. The molecule has 0 amide bonds. The van der Waals surface area contributed by atoms with Gasteiger partial charge in [-0.05, 0) is 12.1 Å². The summed E-state index contributed by atoms with van der Waals surface area (Å²) in [6.45, 7) is 0. The average Bonchev–Trinajstić information content (AvgIpc) is 2.04. The van der Waals surface area contributed by atoms with Crippen molar-refractivity contribution in [2.45, 2.75) is 0 Å². The van der Waals surface area contributed by atoms with E-state index in [9.17, 15) is 0 Å². The summed E-state index contributed by atoms with van der Waals surface area (Å²) in [7, 11) is 1.54. The van der Waals surface area contributed by atoms with Crippen molar-refractivity contribution in [2.24, 2.45) is 0 Å². The minimum Gasteiger partial charge on any atom is -0.494 e. The van der Waals surface area contributed by atoms with Crippen molar-refractivity contribution in [1.29, 1.82) is 0 Å². The molecule has 0 N–H and O–H groups in total. The van der Waals surface area contributed by atoms with Crippen molar-refractivity contribution in [3.8, 4) is 18.1 Å². The zero-order valence-corrected chi connectivity index (χ0v) is 6.85. The van der Waals surface area contributed by atoms with E-state index in [1.807, 2.05) is 0 Å². The SMILES string of the molecule is C#Cc1cccc(Cl)c1OC. The lowest BCUT2D eigenvalue weighted by Crippen LogP contribution is -1.87. The zero-order valence-electron chi connectivity index (χ0n) is 6.10. The van der Waals surface area contributed by atoms with Crippen molar-refractivity contribution in [3.05, 3.63) is 28.8 Å². The monoisotopic (exact) mass is 166 g/mol. The van der Waals surface area contributed by atoms with Crippen molar-refractivity contribution in [1.82, 2.24) is 0 Å². The van der Waals surface area contributed by atoms with E-state index in [0.717, 1.165) is 0 Å². The molecule has 0 saturated carbocycles. The molecule has 11 heavy (non-hydrogen) atoms. The minimum atomic E-state index is 0.544. The van der Waals surface area contributed by atoms with Crippen molar-refractivity contribution in [3.63, 3.8) is 0 Å². The Kier molecular flexibility index (Phi) is 2.40. The topological polar surface area (TPSA) is 9.23 Å². The highest BCUT2D eigenvalue weighted by Crippen LogP contribution is 2.27. The van der Waals surface area contributed by atoms with Crippen LogP contribution in [0.15, 0.2) is 18.2 Å². The van der Waals surface area contributed by atoms with Gasteiger partial charge in [0.25, 0.3) is 0 Å². The fourth-order valence-electron chi connectivity index (χ4n) is 0.830. The van der Waals surface area contributed by atoms with Gasteiger partial charge in [0, 0.05) is 0 Å². The number of methoxy groups -OCH3 is 1. The van der Waals surface area contributed by atoms with Crippen molar-refractivity contribution >= 4 is 11.6 Å². The van der Waals surface area contributed by atoms with Crippen LogP contribution in [0, 0.1) is 12.3 Å². The molecule has 1 aromatic rings. The van der Waals surface area contributed by atoms with Gasteiger partial charge in [0.05, 0.1) is 17.7 Å². The first-order valence-electron chi connectivity index (χ1n) is 3.08. The Balaban J connectivity index is 3.27. The van der Waals surface area contributed by atoms with Crippen LogP contribution in [0.3, 0.4) is 0 Å². The zero-order chi connectivity index (χ0) is 8.27. The summed E-state index contributed by atoms with van der Waals surface area (Å²) in [5.74, 6) is 3.04. The summed E-state index contributed by atoms with van der Waals surface area (Å²) in [6.07, 6.45) is 5.21. The van der Waals surface area contributed by atoms with Crippen LogP contribution < -0.4 is 4.74 Å². The van der Waals surface area contributed by atoms with Crippen LogP contribution in [0.2, 0.25) is 5.02 Å². The fraction of sp³-hybridized carbons (Fsp3) is 0.111. The Labute approximate surface area is 70.9 Å². The lowest BCUT2D eigenvalue weighted by molar-refractivity contribution is 0.414. The molecule has 0 unspecified atom stereocenters.